The maximum absolute atomic E-state index is 12.2. The van der Waals surface area contributed by atoms with Gasteiger partial charge in [0.25, 0.3) is 11.6 Å². The molecule has 8 nitrogen and oxygen atoms in total. The highest BCUT2D eigenvalue weighted by Gasteiger charge is 2.30. The number of carboxylic acid groups (broad SMARTS) is 1. The lowest BCUT2D eigenvalue weighted by Gasteiger charge is -2.13. The number of carbonyl (C=O) groups excluding carboxylic acids is 1. The third-order valence-electron chi connectivity index (χ3n) is 3.39. The summed E-state index contributed by atoms with van der Waals surface area (Å²) in [5.74, 6) is -1.33. The number of carbonyl (C=O) groups is 2. The zero-order chi connectivity index (χ0) is 15.6. The van der Waals surface area contributed by atoms with Gasteiger partial charge in [-0.1, -0.05) is 0 Å². The second kappa shape index (κ2) is 5.94. The van der Waals surface area contributed by atoms with Crippen molar-refractivity contribution in [2.75, 3.05) is 0 Å². The third kappa shape index (κ3) is 3.80. The fourth-order valence-electron chi connectivity index (χ4n) is 2.11. The number of aromatic nitrogens is 1. The topological polar surface area (TPSA) is 114 Å². The molecule has 1 fully saturated rings. The Hall–Kier alpha value is -2.38. The van der Waals surface area contributed by atoms with Crippen molar-refractivity contribution < 1.29 is 19.6 Å². The van der Waals surface area contributed by atoms with E-state index in [4.69, 9.17) is 5.11 Å². The minimum atomic E-state index is -0.923. The van der Waals surface area contributed by atoms with Crippen molar-refractivity contribution >= 4 is 17.6 Å². The van der Waals surface area contributed by atoms with Crippen LogP contribution in [0.4, 0.5) is 5.69 Å². The van der Waals surface area contributed by atoms with Gasteiger partial charge < -0.3 is 15.0 Å². The molecule has 1 heterocycles. The first-order valence-electron chi connectivity index (χ1n) is 6.77. The molecule has 0 aromatic carbocycles. The SMILES string of the molecule is CC(CCC(=O)O)NC(=O)c1cc([N+](=O)[O-])cn1C1CC1. The van der Waals surface area contributed by atoms with Crippen molar-refractivity contribution in [1.29, 1.82) is 0 Å². The molecule has 1 aliphatic carbocycles. The summed E-state index contributed by atoms with van der Waals surface area (Å²) in [5, 5.41) is 22.1. The summed E-state index contributed by atoms with van der Waals surface area (Å²) in [6.45, 7) is 1.71. The molecule has 1 aromatic heterocycles. The van der Waals surface area contributed by atoms with Crippen molar-refractivity contribution in [3.05, 3.63) is 28.1 Å². The van der Waals surface area contributed by atoms with Gasteiger partial charge in [-0.3, -0.25) is 19.7 Å². The number of aliphatic carboxylic acids is 1. The van der Waals surface area contributed by atoms with E-state index >= 15 is 0 Å². The van der Waals surface area contributed by atoms with Crippen molar-refractivity contribution in [3.63, 3.8) is 0 Å². The summed E-state index contributed by atoms with van der Waals surface area (Å²) in [6.07, 6.45) is 3.47. The van der Waals surface area contributed by atoms with Crippen LogP contribution in [0.3, 0.4) is 0 Å². The molecule has 2 N–H and O–H groups in total. The summed E-state index contributed by atoms with van der Waals surface area (Å²) in [5.41, 5.74) is 0.150. The zero-order valence-corrected chi connectivity index (χ0v) is 11.6. The molecule has 1 aromatic rings. The number of nitrogens with one attached hydrogen (secondary N) is 1. The van der Waals surface area contributed by atoms with Gasteiger partial charge in [-0.2, -0.15) is 0 Å². The second-order valence-corrected chi connectivity index (χ2v) is 5.29. The van der Waals surface area contributed by atoms with Gasteiger partial charge >= 0.3 is 5.97 Å². The number of hydrogen-bond donors (Lipinski definition) is 2. The van der Waals surface area contributed by atoms with Crippen LogP contribution in [0.25, 0.3) is 0 Å². The predicted octanol–water partition coefficient (Wildman–Crippen LogP) is 1.71. The first-order valence-corrected chi connectivity index (χ1v) is 6.77. The summed E-state index contributed by atoms with van der Waals surface area (Å²) in [6, 6.07) is 1.10. The molecule has 0 spiro atoms. The zero-order valence-electron chi connectivity index (χ0n) is 11.6. The van der Waals surface area contributed by atoms with E-state index < -0.39 is 16.8 Å². The molecule has 0 bridgehead atoms. The van der Waals surface area contributed by atoms with Gasteiger partial charge in [-0.25, -0.2) is 0 Å². The summed E-state index contributed by atoms with van der Waals surface area (Å²) >= 11 is 0. The Balaban J connectivity index is 2.07. The van der Waals surface area contributed by atoms with Crippen molar-refractivity contribution in [2.45, 2.75) is 44.7 Å². The Bertz CT molecular complexity index is 576. The van der Waals surface area contributed by atoms with Gasteiger partial charge in [0.15, 0.2) is 0 Å². The Kier molecular flexibility index (Phi) is 4.25. The largest absolute Gasteiger partial charge is 0.481 e. The van der Waals surface area contributed by atoms with Crippen LogP contribution in [-0.4, -0.2) is 32.5 Å². The van der Waals surface area contributed by atoms with Crippen LogP contribution in [0.1, 0.15) is 49.1 Å². The average Bonchev–Trinajstić information content (AvgIpc) is 3.14. The quantitative estimate of drug-likeness (QED) is 0.587. The van der Waals surface area contributed by atoms with Gasteiger partial charge in [0, 0.05) is 24.6 Å². The normalized spacial score (nSPS) is 15.5. The predicted molar refractivity (Wildman–Crippen MR) is 73.2 cm³/mol. The maximum atomic E-state index is 12.2. The first kappa shape index (κ1) is 15.0. The lowest BCUT2D eigenvalue weighted by Crippen LogP contribution is -2.34. The van der Waals surface area contributed by atoms with E-state index in [0.717, 1.165) is 12.8 Å². The molecule has 0 saturated heterocycles. The Labute approximate surface area is 120 Å². The summed E-state index contributed by atoms with van der Waals surface area (Å²) in [7, 11) is 0. The van der Waals surface area contributed by atoms with Crippen molar-refractivity contribution in [1.82, 2.24) is 9.88 Å². The smallest absolute Gasteiger partial charge is 0.303 e. The van der Waals surface area contributed by atoms with E-state index in [1.165, 1.54) is 12.3 Å². The van der Waals surface area contributed by atoms with Crippen LogP contribution in [0.5, 0.6) is 0 Å². The minimum absolute atomic E-state index is 0.0365. The highest BCUT2D eigenvalue weighted by Crippen LogP contribution is 2.37. The second-order valence-electron chi connectivity index (χ2n) is 5.29. The number of rotatable bonds is 7. The average molecular weight is 295 g/mol. The van der Waals surface area contributed by atoms with Gasteiger partial charge in [0.1, 0.15) is 5.69 Å². The molecular formula is C13H17N3O5. The van der Waals surface area contributed by atoms with Crippen LogP contribution in [0.2, 0.25) is 0 Å². The standard InChI is InChI=1S/C13H17N3O5/c1-8(2-5-12(17)18)14-13(19)11-6-10(16(20)21)7-15(11)9-3-4-9/h6-9H,2-5H2,1H3,(H,14,19)(H,17,18). The minimum Gasteiger partial charge on any atom is -0.481 e. The molecule has 1 saturated carbocycles. The van der Waals surface area contributed by atoms with E-state index in [1.807, 2.05) is 0 Å². The van der Waals surface area contributed by atoms with E-state index in [9.17, 15) is 19.7 Å². The van der Waals surface area contributed by atoms with Gasteiger partial charge in [0.05, 0.1) is 11.1 Å². The maximum Gasteiger partial charge on any atom is 0.303 e. The van der Waals surface area contributed by atoms with Crippen LogP contribution in [-0.2, 0) is 4.79 Å². The molecule has 114 valence electrons. The molecule has 1 amide bonds. The van der Waals surface area contributed by atoms with Crippen molar-refractivity contribution in [3.8, 4) is 0 Å². The van der Waals surface area contributed by atoms with Crippen LogP contribution < -0.4 is 5.32 Å². The fourth-order valence-corrected chi connectivity index (χ4v) is 2.11. The lowest BCUT2D eigenvalue weighted by molar-refractivity contribution is -0.384. The molecule has 1 atom stereocenters. The Morgan fingerprint density at radius 1 is 1.57 bits per heavy atom. The lowest BCUT2D eigenvalue weighted by atomic mass is 10.2. The Morgan fingerprint density at radius 3 is 2.76 bits per heavy atom. The highest BCUT2D eigenvalue weighted by atomic mass is 16.6. The molecule has 0 radical (unpaired) electrons. The van der Waals surface area contributed by atoms with Gasteiger partial charge in [-0.15, -0.1) is 0 Å². The summed E-state index contributed by atoms with van der Waals surface area (Å²) < 4.78 is 1.64. The van der Waals surface area contributed by atoms with E-state index in [2.05, 4.69) is 5.32 Å². The molecular weight excluding hydrogens is 278 g/mol. The number of carboxylic acids is 1. The number of hydrogen-bond acceptors (Lipinski definition) is 4. The molecule has 8 heteroatoms. The van der Waals surface area contributed by atoms with Crippen molar-refractivity contribution in [2.24, 2.45) is 0 Å². The van der Waals surface area contributed by atoms with Crippen LogP contribution in [0.15, 0.2) is 12.3 Å². The van der Waals surface area contributed by atoms with E-state index in [1.54, 1.807) is 11.5 Å². The van der Waals surface area contributed by atoms with Crippen LogP contribution in [0, 0.1) is 10.1 Å². The van der Waals surface area contributed by atoms with Gasteiger partial charge in [0.2, 0.25) is 0 Å². The molecule has 2 rings (SSSR count). The monoisotopic (exact) mass is 295 g/mol. The van der Waals surface area contributed by atoms with Crippen LogP contribution >= 0.6 is 0 Å². The molecule has 1 unspecified atom stereocenters. The molecule has 21 heavy (non-hydrogen) atoms. The van der Waals surface area contributed by atoms with E-state index in [-0.39, 0.29) is 29.9 Å². The molecule has 1 aliphatic rings. The van der Waals surface area contributed by atoms with Gasteiger partial charge in [-0.05, 0) is 26.2 Å². The number of nitrogens with zero attached hydrogens (tertiary/aromatic N) is 2. The first-order chi connectivity index (χ1) is 9.88. The fraction of sp³-hybridized carbons (Fsp3) is 0.538. The Morgan fingerprint density at radius 2 is 2.24 bits per heavy atom. The molecule has 0 aliphatic heterocycles. The van der Waals surface area contributed by atoms with E-state index in [0.29, 0.717) is 6.42 Å². The number of amides is 1. The highest BCUT2D eigenvalue weighted by molar-refractivity contribution is 5.93. The third-order valence-corrected chi connectivity index (χ3v) is 3.39. The summed E-state index contributed by atoms with van der Waals surface area (Å²) in [4.78, 5) is 33.0. The number of nitro groups is 1.